The Balaban J connectivity index is 2.92. The molecule has 0 amide bonds. The summed E-state index contributed by atoms with van der Waals surface area (Å²) in [7, 11) is 1.78. The highest BCUT2D eigenvalue weighted by molar-refractivity contribution is 8.07. The maximum atomic E-state index is 5.98. The van der Waals surface area contributed by atoms with Crippen LogP contribution in [0.1, 0.15) is 13.3 Å². The molecule has 1 heterocycles. The highest BCUT2D eigenvalue weighted by Crippen LogP contribution is 2.32. The van der Waals surface area contributed by atoms with Gasteiger partial charge in [0.1, 0.15) is 0 Å². The Morgan fingerprint density at radius 1 is 1.73 bits per heavy atom. The molecule has 60 valence electrons. The van der Waals surface area contributed by atoms with Gasteiger partial charge in [0.2, 0.25) is 0 Å². The Labute approximate surface area is 76.2 Å². The molecule has 0 radical (unpaired) electrons. The molecule has 0 atom stereocenters. The first kappa shape index (κ1) is 8.88. The third kappa shape index (κ3) is 1.88. The first-order chi connectivity index (χ1) is 5.29. The van der Waals surface area contributed by atoms with Crippen LogP contribution in [0.5, 0.6) is 0 Å². The lowest BCUT2D eigenvalue weighted by Gasteiger charge is -1.99. The van der Waals surface area contributed by atoms with Gasteiger partial charge in [0.05, 0.1) is 10.6 Å². The van der Waals surface area contributed by atoms with Crippen molar-refractivity contribution in [1.82, 2.24) is 0 Å². The molecule has 1 nitrogen and oxygen atoms in total. The number of hydrogen-bond donors (Lipinski definition) is 0. The molecule has 0 bridgehead atoms. The minimum atomic E-state index is 0.880. The number of aliphatic imine (C=N–C) groups is 1. The van der Waals surface area contributed by atoms with Crippen molar-refractivity contribution in [1.29, 1.82) is 0 Å². The molecular weight excluding hydrogens is 178 g/mol. The SMILES string of the molecule is CC/C(Cl)=C1/SC=CC1=NC. The van der Waals surface area contributed by atoms with Gasteiger partial charge in [-0.25, -0.2) is 0 Å². The molecule has 0 saturated carbocycles. The third-order valence-electron chi connectivity index (χ3n) is 1.44. The smallest absolute Gasteiger partial charge is 0.0727 e. The number of nitrogens with zero attached hydrogens (tertiary/aromatic N) is 1. The van der Waals surface area contributed by atoms with Crippen LogP contribution in [0.15, 0.2) is 26.4 Å². The molecule has 0 aliphatic carbocycles. The quantitative estimate of drug-likeness (QED) is 0.614. The van der Waals surface area contributed by atoms with Crippen molar-refractivity contribution in [2.24, 2.45) is 4.99 Å². The van der Waals surface area contributed by atoms with Crippen LogP contribution in [0.3, 0.4) is 0 Å². The number of halogens is 1. The molecule has 0 aromatic carbocycles. The van der Waals surface area contributed by atoms with Crippen molar-refractivity contribution in [2.45, 2.75) is 13.3 Å². The molecule has 1 aliphatic rings. The fourth-order valence-electron chi connectivity index (χ4n) is 0.842. The number of thioether (sulfide) groups is 1. The summed E-state index contributed by atoms with van der Waals surface area (Å²) in [5.41, 5.74) is 1.00. The van der Waals surface area contributed by atoms with Crippen LogP contribution < -0.4 is 0 Å². The lowest BCUT2D eigenvalue weighted by atomic mass is 10.3. The second-order valence-corrected chi connectivity index (χ2v) is 3.49. The second-order valence-electron chi connectivity index (χ2n) is 2.12. The summed E-state index contributed by atoms with van der Waals surface area (Å²) in [5.74, 6) is 0. The molecule has 1 aliphatic heterocycles. The average Bonchev–Trinajstić information content (AvgIpc) is 2.50. The topological polar surface area (TPSA) is 12.4 Å². The zero-order chi connectivity index (χ0) is 8.27. The predicted molar refractivity (Wildman–Crippen MR) is 53.3 cm³/mol. The maximum Gasteiger partial charge on any atom is 0.0727 e. The monoisotopic (exact) mass is 187 g/mol. The molecule has 0 aromatic rings. The number of hydrogen-bond acceptors (Lipinski definition) is 2. The van der Waals surface area contributed by atoms with E-state index in [0.29, 0.717) is 0 Å². The largest absolute Gasteiger partial charge is 0.287 e. The van der Waals surface area contributed by atoms with Crippen LogP contribution in [-0.2, 0) is 0 Å². The van der Waals surface area contributed by atoms with Gasteiger partial charge in [0.25, 0.3) is 0 Å². The van der Waals surface area contributed by atoms with E-state index in [0.717, 1.165) is 22.1 Å². The molecular formula is C8H10ClNS. The number of allylic oxidation sites excluding steroid dienone is 3. The molecule has 3 heteroatoms. The molecule has 0 fully saturated rings. The molecule has 0 saturated heterocycles. The van der Waals surface area contributed by atoms with Crippen LogP contribution >= 0.6 is 23.4 Å². The summed E-state index contributed by atoms with van der Waals surface area (Å²) in [6.45, 7) is 2.04. The van der Waals surface area contributed by atoms with Crippen LogP contribution in [-0.4, -0.2) is 12.8 Å². The van der Waals surface area contributed by atoms with Crippen LogP contribution in [0, 0.1) is 0 Å². The van der Waals surface area contributed by atoms with Gasteiger partial charge < -0.3 is 0 Å². The van der Waals surface area contributed by atoms with Gasteiger partial charge in [-0.3, -0.25) is 4.99 Å². The van der Waals surface area contributed by atoms with Gasteiger partial charge in [-0.2, -0.15) is 0 Å². The van der Waals surface area contributed by atoms with Gasteiger partial charge in [0.15, 0.2) is 0 Å². The van der Waals surface area contributed by atoms with Crippen LogP contribution in [0.2, 0.25) is 0 Å². The van der Waals surface area contributed by atoms with E-state index in [4.69, 9.17) is 11.6 Å². The van der Waals surface area contributed by atoms with Crippen molar-refractivity contribution < 1.29 is 0 Å². The summed E-state index contributed by atoms with van der Waals surface area (Å²) >= 11 is 7.63. The minimum absolute atomic E-state index is 0.880. The number of rotatable bonds is 1. The van der Waals surface area contributed by atoms with Gasteiger partial charge in [0, 0.05) is 12.1 Å². The van der Waals surface area contributed by atoms with Crippen molar-refractivity contribution in [3.05, 3.63) is 21.4 Å². The first-order valence-electron chi connectivity index (χ1n) is 3.48. The minimum Gasteiger partial charge on any atom is -0.287 e. The standard InChI is InChI=1S/C8H10ClNS/c1-3-6(9)8-7(10-2)4-5-11-8/h4-5H,3H2,1-2H3/b8-6-,10-7?. The van der Waals surface area contributed by atoms with E-state index in [1.807, 2.05) is 18.4 Å². The van der Waals surface area contributed by atoms with E-state index in [1.165, 1.54) is 0 Å². The van der Waals surface area contributed by atoms with Crippen molar-refractivity contribution in [3.8, 4) is 0 Å². The molecule has 0 N–H and O–H groups in total. The maximum absolute atomic E-state index is 5.98. The lowest BCUT2D eigenvalue weighted by molar-refractivity contribution is 1.19. The Kier molecular flexibility index (Phi) is 3.21. The van der Waals surface area contributed by atoms with Gasteiger partial charge in [-0.1, -0.05) is 30.3 Å². The van der Waals surface area contributed by atoms with E-state index in [1.54, 1.807) is 18.8 Å². The zero-order valence-corrected chi connectivity index (χ0v) is 8.17. The Hall–Kier alpha value is -0.210. The zero-order valence-electron chi connectivity index (χ0n) is 6.60. The van der Waals surface area contributed by atoms with E-state index < -0.39 is 0 Å². The van der Waals surface area contributed by atoms with Crippen molar-refractivity contribution in [3.63, 3.8) is 0 Å². The highest BCUT2D eigenvalue weighted by atomic mass is 35.5. The lowest BCUT2D eigenvalue weighted by Crippen LogP contribution is -1.92. The molecule has 1 rings (SSSR count). The van der Waals surface area contributed by atoms with Gasteiger partial charge >= 0.3 is 0 Å². The summed E-state index contributed by atoms with van der Waals surface area (Å²) in [6, 6.07) is 0. The van der Waals surface area contributed by atoms with Crippen molar-refractivity contribution in [2.75, 3.05) is 7.05 Å². The fourth-order valence-corrected chi connectivity index (χ4v) is 1.96. The highest BCUT2D eigenvalue weighted by Gasteiger charge is 2.12. The van der Waals surface area contributed by atoms with E-state index in [2.05, 4.69) is 4.99 Å². The molecule has 0 aromatic heterocycles. The average molecular weight is 188 g/mol. The van der Waals surface area contributed by atoms with E-state index in [-0.39, 0.29) is 0 Å². The van der Waals surface area contributed by atoms with Crippen LogP contribution in [0.4, 0.5) is 0 Å². The Bertz CT molecular complexity index is 240. The molecule has 0 unspecified atom stereocenters. The van der Waals surface area contributed by atoms with Crippen molar-refractivity contribution >= 4 is 29.1 Å². The Morgan fingerprint density at radius 3 is 3.00 bits per heavy atom. The van der Waals surface area contributed by atoms with E-state index >= 15 is 0 Å². The summed E-state index contributed by atoms with van der Waals surface area (Å²) in [5, 5.41) is 2.91. The fraction of sp³-hybridized carbons (Fsp3) is 0.375. The summed E-state index contributed by atoms with van der Waals surface area (Å²) < 4.78 is 0. The molecule has 0 spiro atoms. The predicted octanol–water partition coefficient (Wildman–Crippen LogP) is 3.18. The summed E-state index contributed by atoms with van der Waals surface area (Å²) in [4.78, 5) is 5.21. The van der Waals surface area contributed by atoms with Crippen LogP contribution in [0.25, 0.3) is 0 Å². The second kappa shape index (κ2) is 3.98. The first-order valence-corrected chi connectivity index (χ1v) is 4.74. The normalized spacial score (nSPS) is 24.8. The van der Waals surface area contributed by atoms with Gasteiger partial charge in [-0.05, 0) is 17.9 Å². The Morgan fingerprint density at radius 2 is 2.45 bits per heavy atom. The molecule has 11 heavy (non-hydrogen) atoms. The third-order valence-corrected chi connectivity index (χ3v) is 2.97. The van der Waals surface area contributed by atoms with E-state index in [9.17, 15) is 0 Å². The van der Waals surface area contributed by atoms with Gasteiger partial charge in [-0.15, -0.1) is 0 Å². The summed E-state index contributed by atoms with van der Waals surface area (Å²) in [6.07, 6.45) is 2.86.